The molecule has 39 heavy (non-hydrogen) atoms. The summed E-state index contributed by atoms with van der Waals surface area (Å²) in [6, 6.07) is 17.6. The van der Waals surface area contributed by atoms with E-state index < -0.39 is 23.9 Å². The van der Waals surface area contributed by atoms with Crippen molar-refractivity contribution in [3.8, 4) is 34.1 Å². The lowest BCUT2D eigenvalue weighted by Gasteiger charge is -2.12. The maximum atomic E-state index is 12.8. The maximum absolute atomic E-state index is 12.8. The van der Waals surface area contributed by atoms with Crippen molar-refractivity contribution in [2.45, 2.75) is 20.8 Å². The zero-order chi connectivity index (χ0) is 28.7. The van der Waals surface area contributed by atoms with E-state index in [1.54, 1.807) is 55.5 Å². The number of benzene rings is 3. The Morgan fingerprint density at radius 3 is 1.38 bits per heavy atom. The van der Waals surface area contributed by atoms with Gasteiger partial charge in [0.2, 0.25) is 0 Å². The van der Waals surface area contributed by atoms with Crippen LogP contribution in [0.3, 0.4) is 0 Å². The molecular weight excluding hydrogens is 500 g/mol. The van der Waals surface area contributed by atoms with Crippen LogP contribution < -0.4 is 18.9 Å². The van der Waals surface area contributed by atoms with Crippen LogP contribution in [0.2, 0.25) is 0 Å². The Bertz CT molecular complexity index is 1480. The van der Waals surface area contributed by atoms with Gasteiger partial charge >= 0.3 is 23.9 Å². The number of hydrogen-bond acceptors (Lipinski definition) is 8. The van der Waals surface area contributed by atoms with Crippen LogP contribution in [-0.4, -0.2) is 23.9 Å². The molecule has 3 aromatic rings. The lowest BCUT2D eigenvalue weighted by molar-refractivity contribution is -0.132. The van der Waals surface area contributed by atoms with Crippen molar-refractivity contribution in [1.29, 1.82) is 0 Å². The third kappa shape index (κ3) is 7.62. The quantitative estimate of drug-likeness (QED) is 0.189. The van der Waals surface area contributed by atoms with E-state index in [2.05, 4.69) is 19.7 Å². The Morgan fingerprint density at radius 1 is 0.513 bits per heavy atom. The van der Waals surface area contributed by atoms with Crippen LogP contribution in [0.15, 0.2) is 103 Å². The highest BCUT2D eigenvalue weighted by molar-refractivity contribution is 5.94. The van der Waals surface area contributed by atoms with Crippen molar-refractivity contribution in [2.24, 2.45) is 0 Å². The molecule has 3 aromatic carbocycles. The van der Waals surface area contributed by atoms with Crippen LogP contribution in [0.4, 0.5) is 0 Å². The molecule has 0 bridgehead atoms. The number of carbonyl (C=O) groups excluding carboxylic acids is 4. The zero-order valence-electron chi connectivity index (χ0n) is 21.7. The van der Waals surface area contributed by atoms with Crippen molar-refractivity contribution >= 4 is 23.9 Å². The fourth-order valence-electron chi connectivity index (χ4n) is 2.96. The van der Waals surface area contributed by atoms with Gasteiger partial charge in [0.1, 0.15) is 11.5 Å². The molecule has 0 unspecified atom stereocenters. The molecule has 0 N–H and O–H groups in total. The van der Waals surface area contributed by atoms with Gasteiger partial charge in [0, 0.05) is 16.7 Å². The van der Waals surface area contributed by atoms with Gasteiger partial charge in [-0.25, -0.2) is 19.2 Å². The van der Waals surface area contributed by atoms with Crippen LogP contribution in [0.5, 0.6) is 23.0 Å². The summed E-state index contributed by atoms with van der Waals surface area (Å²) in [4.78, 5) is 48.5. The fourth-order valence-corrected chi connectivity index (χ4v) is 2.96. The molecule has 0 saturated heterocycles. The lowest BCUT2D eigenvalue weighted by atomic mass is 10.1. The van der Waals surface area contributed by atoms with E-state index in [9.17, 15) is 19.2 Å². The number of esters is 4. The predicted molar refractivity (Wildman–Crippen MR) is 145 cm³/mol. The topological polar surface area (TPSA) is 105 Å². The number of hydrogen-bond donors (Lipinski definition) is 0. The van der Waals surface area contributed by atoms with Crippen LogP contribution in [0.1, 0.15) is 31.1 Å². The van der Waals surface area contributed by atoms with E-state index >= 15 is 0 Å². The van der Waals surface area contributed by atoms with Gasteiger partial charge in [0.15, 0.2) is 11.5 Å². The largest absolute Gasteiger partial charge is 0.423 e. The molecule has 0 spiro atoms. The first-order valence-electron chi connectivity index (χ1n) is 11.6. The van der Waals surface area contributed by atoms with Crippen molar-refractivity contribution in [3.05, 3.63) is 109 Å². The van der Waals surface area contributed by atoms with E-state index in [1.807, 2.05) is 0 Å². The zero-order valence-corrected chi connectivity index (χ0v) is 21.7. The Balaban J connectivity index is 1.75. The summed E-state index contributed by atoms with van der Waals surface area (Å²) < 4.78 is 21.1. The summed E-state index contributed by atoms with van der Waals surface area (Å²) in [6.45, 7) is 15.1. The van der Waals surface area contributed by atoms with E-state index in [1.165, 1.54) is 32.0 Å². The van der Waals surface area contributed by atoms with E-state index in [0.717, 1.165) is 11.1 Å². The molecular formula is C31H26O8. The summed E-state index contributed by atoms with van der Waals surface area (Å²) in [5.74, 6) is -2.26. The Kier molecular flexibility index (Phi) is 8.96. The molecule has 3 rings (SSSR count). The second kappa shape index (κ2) is 12.3. The van der Waals surface area contributed by atoms with Gasteiger partial charge in [-0.1, -0.05) is 44.0 Å². The third-order valence-electron chi connectivity index (χ3n) is 5.09. The van der Waals surface area contributed by atoms with Gasteiger partial charge in [-0.15, -0.1) is 0 Å². The highest BCUT2D eigenvalue weighted by Gasteiger charge is 2.19. The van der Waals surface area contributed by atoms with Gasteiger partial charge in [0.25, 0.3) is 0 Å². The van der Waals surface area contributed by atoms with Gasteiger partial charge < -0.3 is 18.9 Å². The van der Waals surface area contributed by atoms with Crippen LogP contribution in [0, 0.1) is 0 Å². The molecule has 8 nitrogen and oxygen atoms in total. The smallest absolute Gasteiger partial charge is 0.343 e. The van der Waals surface area contributed by atoms with Crippen molar-refractivity contribution < 1.29 is 38.1 Å². The minimum absolute atomic E-state index is 0.0543. The monoisotopic (exact) mass is 526 g/mol. The van der Waals surface area contributed by atoms with E-state index in [4.69, 9.17) is 18.9 Å². The van der Waals surface area contributed by atoms with E-state index in [0.29, 0.717) is 11.3 Å². The molecule has 8 heteroatoms. The third-order valence-corrected chi connectivity index (χ3v) is 5.09. The second-order valence-electron chi connectivity index (χ2n) is 8.61. The molecule has 0 radical (unpaired) electrons. The van der Waals surface area contributed by atoms with Crippen LogP contribution in [-0.2, 0) is 14.4 Å². The fraction of sp³-hybridized carbons (Fsp3) is 0.0968. The van der Waals surface area contributed by atoms with Gasteiger partial charge in [0.05, 0.1) is 5.56 Å². The molecule has 198 valence electrons. The van der Waals surface area contributed by atoms with Gasteiger partial charge in [-0.3, -0.25) is 0 Å². The number of carbonyl (C=O) groups is 4. The molecule has 0 fully saturated rings. The first kappa shape index (κ1) is 28.3. The van der Waals surface area contributed by atoms with Crippen molar-refractivity contribution in [3.63, 3.8) is 0 Å². The molecule has 0 amide bonds. The molecule has 0 heterocycles. The average molecular weight is 527 g/mol. The van der Waals surface area contributed by atoms with E-state index in [-0.39, 0.29) is 34.0 Å². The maximum Gasteiger partial charge on any atom is 0.343 e. The second-order valence-corrected chi connectivity index (χ2v) is 8.61. The summed E-state index contributed by atoms with van der Waals surface area (Å²) >= 11 is 0. The molecule has 0 aliphatic heterocycles. The summed E-state index contributed by atoms with van der Waals surface area (Å²) in [5, 5.41) is 0. The molecule has 0 atom stereocenters. The molecule has 0 aliphatic carbocycles. The Labute approximate surface area is 225 Å². The normalized spacial score (nSPS) is 10.1. The number of ether oxygens (including phenoxy) is 4. The van der Waals surface area contributed by atoms with Crippen molar-refractivity contribution in [1.82, 2.24) is 0 Å². The summed E-state index contributed by atoms with van der Waals surface area (Å²) in [5.41, 5.74) is 2.30. The van der Waals surface area contributed by atoms with Crippen LogP contribution >= 0.6 is 0 Å². The SMILES string of the molecule is C=C(C)C(=O)Oc1ccc(-c2ccc(OC(=O)c3ccc(OC(=O)C(=C)C)c(OC(=O)C(=C)C)c3)cc2)cc1. The van der Waals surface area contributed by atoms with Crippen molar-refractivity contribution in [2.75, 3.05) is 0 Å². The Morgan fingerprint density at radius 2 is 0.923 bits per heavy atom. The standard InChI is InChI=1S/C31H26O8/c1-18(2)28(32)36-24-12-7-21(8-13-24)22-9-14-25(15-10-22)37-31(35)23-11-16-26(38-29(33)19(3)4)27(17-23)39-30(34)20(5)6/h7-17H,1,3,5H2,2,4,6H3. The van der Waals surface area contributed by atoms with Gasteiger partial charge in [-0.05, 0) is 74.4 Å². The molecule has 0 aliphatic rings. The number of rotatable bonds is 9. The first-order valence-corrected chi connectivity index (χ1v) is 11.6. The highest BCUT2D eigenvalue weighted by atomic mass is 16.6. The predicted octanol–water partition coefficient (Wildman–Crippen LogP) is 6.02. The van der Waals surface area contributed by atoms with Gasteiger partial charge in [-0.2, -0.15) is 0 Å². The Hall–Kier alpha value is -5.24. The molecule has 0 saturated carbocycles. The summed E-state index contributed by atoms with van der Waals surface area (Å²) in [7, 11) is 0. The average Bonchev–Trinajstić information content (AvgIpc) is 2.90. The van der Waals surface area contributed by atoms with Crippen LogP contribution in [0.25, 0.3) is 11.1 Å². The lowest BCUT2D eigenvalue weighted by Crippen LogP contribution is -2.14. The minimum atomic E-state index is -0.759. The minimum Gasteiger partial charge on any atom is -0.423 e. The first-order chi connectivity index (χ1) is 18.4. The molecule has 0 aromatic heterocycles. The summed E-state index contributed by atoms with van der Waals surface area (Å²) in [6.07, 6.45) is 0. The highest BCUT2D eigenvalue weighted by Crippen LogP contribution is 2.31.